The van der Waals surface area contributed by atoms with Crippen LogP contribution in [0.25, 0.3) is 0 Å². The zero-order valence-electron chi connectivity index (χ0n) is 14.9. The Kier molecular flexibility index (Phi) is 4.69. The summed E-state index contributed by atoms with van der Waals surface area (Å²) in [5.74, 6) is 2.29. The molecule has 2 heterocycles. The second kappa shape index (κ2) is 7.44. The molecule has 3 aromatic rings. The molecule has 1 N–H and O–H groups in total. The summed E-state index contributed by atoms with van der Waals surface area (Å²) >= 11 is 0. The molecular weight excluding hydrogens is 324 g/mol. The number of ether oxygens (including phenoxy) is 1. The molecule has 0 saturated heterocycles. The molecule has 5 nitrogen and oxygen atoms in total. The Bertz CT molecular complexity index is 896. The van der Waals surface area contributed by atoms with E-state index in [4.69, 9.17) is 9.72 Å². The zero-order chi connectivity index (χ0) is 17.8. The van der Waals surface area contributed by atoms with Crippen molar-refractivity contribution < 1.29 is 4.74 Å². The van der Waals surface area contributed by atoms with Gasteiger partial charge in [0.25, 0.3) is 0 Å². The average Bonchev–Trinajstić information content (AvgIpc) is 2.69. The molecule has 1 aromatic heterocycles. The van der Waals surface area contributed by atoms with E-state index in [0.717, 1.165) is 42.6 Å². The van der Waals surface area contributed by atoms with Crippen LogP contribution in [0.3, 0.4) is 0 Å². The molecule has 0 radical (unpaired) electrons. The molecular formula is C21H22N4O. The first-order valence-electron chi connectivity index (χ1n) is 9.02. The van der Waals surface area contributed by atoms with Gasteiger partial charge in [-0.15, -0.1) is 0 Å². The van der Waals surface area contributed by atoms with E-state index in [2.05, 4.69) is 39.5 Å². The number of nitrogens with one attached hydrogen (secondary N) is 1. The number of aromatic nitrogens is 2. The Morgan fingerprint density at radius 1 is 1.08 bits per heavy atom. The van der Waals surface area contributed by atoms with Gasteiger partial charge in [-0.05, 0) is 49.6 Å². The lowest BCUT2D eigenvalue weighted by atomic mass is 10.0. The van der Waals surface area contributed by atoms with Crippen molar-refractivity contribution in [1.29, 1.82) is 0 Å². The minimum atomic E-state index is 0.623. The summed E-state index contributed by atoms with van der Waals surface area (Å²) in [6.45, 7) is 3.53. The lowest BCUT2D eigenvalue weighted by molar-refractivity contribution is 0.342. The van der Waals surface area contributed by atoms with Gasteiger partial charge in [0.05, 0.1) is 12.3 Å². The average molecular weight is 346 g/mol. The summed E-state index contributed by atoms with van der Waals surface area (Å²) in [5, 5.41) is 3.36. The fourth-order valence-electron chi connectivity index (χ4n) is 3.28. The fraction of sp³-hybridized carbons (Fsp3) is 0.238. The third-order valence-electron chi connectivity index (χ3n) is 4.44. The summed E-state index contributed by atoms with van der Waals surface area (Å²) in [5.41, 5.74) is 3.45. The van der Waals surface area contributed by atoms with Gasteiger partial charge in [-0.3, -0.25) is 0 Å². The number of hydrogen-bond acceptors (Lipinski definition) is 5. The van der Waals surface area contributed by atoms with Crippen LogP contribution in [0.4, 0.5) is 23.1 Å². The van der Waals surface area contributed by atoms with Crippen LogP contribution in [0.1, 0.15) is 18.9 Å². The number of para-hydroxylation sites is 3. The Balaban J connectivity index is 1.63. The first kappa shape index (κ1) is 16.4. The van der Waals surface area contributed by atoms with Crippen LogP contribution in [-0.2, 0) is 6.42 Å². The molecule has 1 aliphatic heterocycles. The smallest absolute Gasteiger partial charge is 0.231 e. The van der Waals surface area contributed by atoms with Crippen LogP contribution in [-0.4, -0.2) is 23.1 Å². The molecule has 1 aliphatic rings. The summed E-state index contributed by atoms with van der Waals surface area (Å²) in [4.78, 5) is 11.4. The number of fused-ring (bicyclic) bond motifs is 1. The van der Waals surface area contributed by atoms with Gasteiger partial charge in [0.1, 0.15) is 11.6 Å². The van der Waals surface area contributed by atoms with Crippen molar-refractivity contribution in [3.63, 3.8) is 0 Å². The normalized spacial score (nSPS) is 13.2. The van der Waals surface area contributed by atoms with Crippen molar-refractivity contribution in [1.82, 2.24) is 9.97 Å². The third-order valence-corrected chi connectivity index (χ3v) is 4.44. The van der Waals surface area contributed by atoms with Gasteiger partial charge >= 0.3 is 0 Å². The molecule has 0 atom stereocenters. The van der Waals surface area contributed by atoms with E-state index < -0.39 is 0 Å². The van der Waals surface area contributed by atoms with E-state index in [1.165, 1.54) is 11.3 Å². The lowest BCUT2D eigenvalue weighted by Gasteiger charge is -2.29. The largest absolute Gasteiger partial charge is 0.492 e. The van der Waals surface area contributed by atoms with Crippen LogP contribution in [0, 0.1) is 0 Å². The molecule has 0 unspecified atom stereocenters. The van der Waals surface area contributed by atoms with Crippen LogP contribution in [0.2, 0.25) is 0 Å². The molecule has 5 heteroatoms. The van der Waals surface area contributed by atoms with E-state index in [-0.39, 0.29) is 0 Å². The molecule has 0 saturated carbocycles. The van der Waals surface area contributed by atoms with E-state index in [0.29, 0.717) is 6.61 Å². The van der Waals surface area contributed by atoms with E-state index in [1.54, 1.807) is 6.20 Å². The topological polar surface area (TPSA) is 50.3 Å². The highest BCUT2D eigenvalue weighted by atomic mass is 16.5. The molecule has 132 valence electrons. The number of benzene rings is 2. The van der Waals surface area contributed by atoms with E-state index in [1.807, 2.05) is 37.3 Å². The summed E-state index contributed by atoms with van der Waals surface area (Å²) in [6, 6.07) is 18.2. The van der Waals surface area contributed by atoms with Gasteiger partial charge < -0.3 is 15.0 Å². The van der Waals surface area contributed by atoms with Gasteiger partial charge in [0.2, 0.25) is 5.95 Å². The monoisotopic (exact) mass is 346 g/mol. The quantitative estimate of drug-likeness (QED) is 0.725. The molecule has 4 rings (SSSR count). The highest BCUT2D eigenvalue weighted by molar-refractivity contribution is 5.67. The summed E-state index contributed by atoms with van der Waals surface area (Å²) in [7, 11) is 0. The molecule has 26 heavy (non-hydrogen) atoms. The van der Waals surface area contributed by atoms with E-state index in [9.17, 15) is 0 Å². The SMILES string of the molecule is CCOc1ccccc1Nc1ccnc(N2CCCc3ccccc32)n1. The van der Waals surface area contributed by atoms with Crippen LogP contribution >= 0.6 is 0 Å². The Morgan fingerprint density at radius 3 is 2.85 bits per heavy atom. The van der Waals surface area contributed by atoms with Gasteiger partial charge in [-0.1, -0.05) is 30.3 Å². The molecule has 0 bridgehead atoms. The molecule has 0 spiro atoms. The lowest BCUT2D eigenvalue weighted by Crippen LogP contribution is -2.26. The number of nitrogens with zero attached hydrogens (tertiary/aromatic N) is 3. The Hall–Kier alpha value is -3.08. The second-order valence-electron chi connectivity index (χ2n) is 6.18. The van der Waals surface area contributed by atoms with Crippen LogP contribution in [0.15, 0.2) is 60.8 Å². The van der Waals surface area contributed by atoms with Crippen molar-refractivity contribution in [2.75, 3.05) is 23.4 Å². The molecule has 0 fully saturated rings. The molecule has 0 aliphatic carbocycles. The fourth-order valence-corrected chi connectivity index (χ4v) is 3.28. The summed E-state index contributed by atoms with van der Waals surface area (Å²) < 4.78 is 5.69. The molecule has 0 amide bonds. The van der Waals surface area contributed by atoms with Crippen molar-refractivity contribution >= 4 is 23.1 Å². The van der Waals surface area contributed by atoms with Crippen LogP contribution in [0.5, 0.6) is 5.75 Å². The first-order valence-corrected chi connectivity index (χ1v) is 9.02. The molecule has 2 aromatic carbocycles. The first-order chi connectivity index (χ1) is 12.8. The number of anilines is 4. The number of rotatable bonds is 5. The van der Waals surface area contributed by atoms with Gasteiger partial charge in [0, 0.05) is 18.4 Å². The maximum Gasteiger partial charge on any atom is 0.231 e. The number of aryl methyl sites for hydroxylation is 1. The predicted molar refractivity (Wildman–Crippen MR) is 105 cm³/mol. The highest BCUT2D eigenvalue weighted by Crippen LogP contribution is 2.32. The van der Waals surface area contributed by atoms with Crippen molar-refractivity contribution in [3.05, 3.63) is 66.4 Å². The van der Waals surface area contributed by atoms with Gasteiger partial charge in [-0.2, -0.15) is 4.98 Å². The summed E-state index contributed by atoms with van der Waals surface area (Å²) in [6.07, 6.45) is 4.00. The zero-order valence-corrected chi connectivity index (χ0v) is 14.9. The standard InChI is InChI=1S/C21H22N4O/c1-2-26-19-12-6-4-10-17(19)23-20-13-14-22-21(24-20)25-15-7-9-16-8-3-5-11-18(16)25/h3-6,8,10-14H,2,7,9,15H2,1H3,(H,22,23,24). The van der Waals surface area contributed by atoms with Gasteiger partial charge in [0.15, 0.2) is 0 Å². The van der Waals surface area contributed by atoms with Crippen LogP contribution < -0.4 is 15.0 Å². The van der Waals surface area contributed by atoms with Crippen molar-refractivity contribution in [2.24, 2.45) is 0 Å². The predicted octanol–water partition coefficient (Wildman–Crippen LogP) is 4.70. The highest BCUT2D eigenvalue weighted by Gasteiger charge is 2.20. The van der Waals surface area contributed by atoms with E-state index >= 15 is 0 Å². The number of hydrogen-bond donors (Lipinski definition) is 1. The van der Waals surface area contributed by atoms with Gasteiger partial charge in [-0.25, -0.2) is 4.98 Å². The van der Waals surface area contributed by atoms with Crippen molar-refractivity contribution in [2.45, 2.75) is 19.8 Å². The maximum atomic E-state index is 5.69. The third kappa shape index (κ3) is 3.33. The second-order valence-corrected chi connectivity index (χ2v) is 6.18. The Labute approximate surface area is 153 Å². The van der Waals surface area contributed by atoms with Crippen molar-refractivity contribution in [3.8, 4) is 5.75 Å². The Morgan fingerprint density at radius 2 is 1.92 bits per heavy atom. The minimum Gasteiger partial charge on any atom is -0.492 e. The maximum absolute atomic E-state index is 5.69. The minimum absolute atomic E-state index is 0.623.